The normalized spacial score (nSPS) is 10.5. The molecule has 1 aromatic carbocycles. The van der Waals surface area contributed by atoms with Crippen molar-refractivity contribution in [2.24, 2.45) is 0 Å². The zero-order chi connectivity index (χ0) is 14.7. The maximum absolute atomic E-state index is 12.3. The molecule has 2 heterocycles. The smallest absolute Gasteiger partial charge is 0.272 e. The van der Waals surface area contributed by atoms with E-state index in [4.69, 9.17) is 4.52 Å². The van der Waals surface area contributed by atoms with Crippen LogP contribution in [0.5, 0.6) is 0 Å². The van der Waals surface area contributed by atoms with Gasteiger partial charge in [-0.25, -0.2) is 0 Å². The molecular weight excluding hydrogens is 268 g/mol. The zero-order valence-corrected chi connectivity index (χ0v) is 11.5. The highest BCUT2D eigenvalue weighted by atomic mass is 16.5. The van der Waals surface area contributed by atoms with E-state index in [2.05, 4.69) is 15.5 Å². The number of hydrogen-bond acceptors (Lipinski definition) is 4. The second-order valence-corrected chi connectivity index (χ2v) is 4.57. The number of carbonyl (C=O) groups is 1. The van der Waals surface area contributed by atoms with Crippen LogP contribution in [0.2, 0.25) is 0 Å². The lowest BCUT2D eigenvalue weighted by Gasteiger charge is -2.08. The molecular formula is C15H14N4O2. The van der Waals surface area contributed by atoms with Gasteiger partial charge in [-0.3, -0.25) is 4.79 Å². The van der Waals surface area contributed by atoms with E-state index < -0.39 is 0 Å². The fourth-order valence-corrected chi connectivity index (χ4v) is 2.03. The summed E-state index contributed by atoms with van der Waals surface area (Å²) in [5, 5.41) is 6.69. The lowest BCUT2D eigenvalue weighted by atomic mass is 10.3. The van der Waals surface area contributed by atoms with Crippen LogP contribution in [0.3, 0.4) is 0 Å². The van der Waals surface area contributed by atoms with Crippen molar-refractivity contribution in [2.45, 2.75) is 13.5 Å². The number of aryl methyl sites for hydroxylation is 1. The van der Waals surface area contributed by atoms with Gasteiger partial charge in [0, 0.05) is 18.8 Å². The minimum Gasteiger partial charge on any atom is -0.340 e. The van der Waals surface area contributed by atoms with E-state index in [-0.39, 0.29) is 5.91 Å². The topological polar surface area (TPSA) is 73.0 Å². The second kappa shape index (κ2) is 5.62. The lowest BCUT2D eigenvalue weighted by molar-refractivity contribution is 0.101. The van der Waals surface area contributed by atoms with Crippen molar-refractivity contribution in [3.05, 3.63) is 66.1 Å². The van der Waals surface area contributed by atoms with Crippen molar-refractivity contribution < 1.29 is 9.32 Å². The lowest BCUT2D eigenvalue weighted by Crippen LogP contribution is -2.17. The molecule has 0 radical (unpaired) electrons. The maximum atomic E-state index is 12.3. The number of benzene rings is 1. The number of aromatic nitrogens is 3. The summed E-state index contributed by atoms with van der Waals surface area (Å²) in [7, 11) is 0. The zero-order valence-electron chi connectivity index (χ0n) is 11.5. The summed E-state index contributed by atoms with van der Waals surface area (Å²) in [5.41, 5.74) is 1.30. The van der Waals surface area contributed by atoms with Crippen LogP contribution in [-0.2, 0) is 6.54 Å². The average molecular weight is 282 g/mol. The Balaban J connectivity index is 1.77. The highest BCUT2D eigenvalue weighted by Gasteiger charge is 2.13. The number of carbonyl (C=O) groups excluding carboxylic acids is 1. The number of amides is 1. The third-order valence-electron chi connectivity index (χ3n) is 2.98. The molecule has 0 saturated heterocycles. The van der Waals surface area contributed by atoms with E-state index in [1.165, 1.54) is 0 Å². The molecule has 1 amide bonds. The first-order valence-electron chi connectivity index (χ1n) is 6.53. The molecule has 3 rings (SSSR count). The fraction of sp³-hybridized carbons (Fsp3) is 0.133. The predicted octanol–water partition coefficient (Wildman–Crippen LogP) is 2.48. The molecule has 21 heavy (non-hydrogen) atoms. The number of anilines is 1. The Morgan fingerprint density at radius 1 is 1.24 bits per heavy atom. The van der Waals surface area contributed by atoms with Crippen LogP contribution in [0.4, 0.5) is 5.69 Å². The van der Waals surface area contributed by atoms with Crippen LogP contribution in [0.25, 0.3) is 0 Å². The monoisotopic (exact) mass is 282 g/mol. The number of para-hydroxylation sites is 1. The molecule has 0 fully saturated rings. The van der Waals surface area contributed by atoms with Crippen LogP contribution in [0.1, 0.15) is 22.2 Å². The first kappa shape index (κ1) is 13.1. The molecule has 0 aliphatic rings. The standard InChI is InChI=1S/C15H14N4O2/c1-11-16-14(18-21-11)10-19-9-5-8-13(19)15(20)17-12-6-3-2-4-7-12/h2-9H,10H2,1H3,(H,17,20). The summed E-state index contributed by atoms with van der Waals surface area (Å²) in [6.45, 7) is 2.12. The number of rotatable bonds is 4. The molecule has 0 aliphatic heterocycles. The molecule has 0 atom stereocenters. The molecule has 6 heteroatoms. The molecule has 0 spiro atoms. The molecule has 6 nitrogen and oxygen atoms in total. The van der Waals surface area contributed by atoms with Gasteiger partial charge in [-0.05, 0) is 24.3 Å². The molecule has 1 N–H and O–H groups in total. The number of nitrogens with zero attached hydrogens (tertiary/aromatic N) is 3. The minimum atomic E-state index is -0.175. The van der Waals surface area contributed by atoms with Crippen LogP contribution in [0, 0.1) is 6.92 Å². The Labute approximate surface area is 121 Å². The number of nitrogens with one attached hydrogen (secondary N) is 1. The Kier molecular flexibility index (Phi) is 3.51. The highest BCUT2D eigenvalue weighted by Crippen LogP contribution is 2.11. The Bertz CT molecular complexity index is 746. The van der Waals surface area contributed by atoms with Gasteiger partial charge in [0.1, 0.15) is 5.69 Å². The van der Waals surface area contributed by atoms with Gasteiger partial charge in [0.2, 0.25) is 5.89 Å². The average Bonchev–Trinajstić information content (AvgIpc) is 3.10. The molecule has 0 aliphatic carbocycles. The summed E-state index contributed by atoms with van der Waals surface area (Å²) < 4.78 is 6.71. The molecule has 0 unspecified atom stereocenters. The first-order chi connectivity index (χ1) is 10.2. The van der Waals surface area contributed by atoms with Gasteiger partial charge in [-0.1, -0.05) is 23.4 Å². The van der Waals surface area contributed by atoms with Crippen LogP contribution < -0.4 is 5.32 Å². The molecule has 106 valence electrons. The molecule has 0 saturated carbocycles. The predicted molar refractivity (Wildman–Crippen MR) is 77.0 cm³/mol. The minimum absolute atomic E-state index is 0.175. The van der Waals surface area contributed by atoms with Crippen molar-refractivity contribution in [1.82, 2.24) is 14.7 Å². The van der Waals surface area contributed by atoms with Crippen LogP contribution >= 0.6 is 0 Å². The van der Waals surface area contributed by atoms with Crippen molar-refractivity contribution in [3.63, 3.8) is 0 Å². The van der Waals surface area contributed by atoms with Crippen molar-refractivity contribution in [2.75, 3.05) is 5.32 Å². The Hall–Kier alpha value is -2.89. The van der Waals surface area contributed by atoms with Crippen LogP contribution in [-0.4, -0.2) is 20.6 Å². The molecule has 0 bridgehead atoms. The SMILES string of the molecule is Cc1nc(Cn2cccc2C(=O)Nc2ccccc2)no1. The number of hydrogen-bond donors (Lipinski definition) is 1. The largest absolute Gasteiger partial charge is 0.340 e. The van der Waals surface area contributed by atoms with E-state index in [0.717, 1.165) is 5.69 Å². The molecule has 3 aromatic rings. The summed E-state index contributed by atoms with van der Waals surface area (Å²) in [6, 6.07) is 12.9. The van der Waals surface area contributed by atoms with E-state index in [1.54, 1.807) is 17.6 Å². The van der Waals surface area contributed by atoms with Crippen molar-refractivity contribution >= 4 is 11.6 Å². The van der Waals surface area contributed by atoms with Gasteiger partial charge in [0.05, 0.1) is 6.54 Å². The van der Waals surface area contributed by atoms with Crippen molar-refractivity contribution in [1.29, 1.82) is 0 Å². The molecule has 2 aromatic heterocycles. The highest BCUT2D eigenvalue weighted by molar-refractivity contribution is 6.03. The summed E-state index contributed by atoms with van der Waals surface area (Å²) >= 11 is 0. The Morgan fingerprint density at radius 2 is 2.05 bits per heavy atom. The maximum Gasteiger partial charge on any atom is 0.272 e. The van der Waals surface area contributed by atoms with E-state index in [0.29, 0.717) is 24.0 Å². The van der Waals surface area contributed by atoms with E-state index in [1.807, 2.05) is 42.6 Å². The van der Waals surface area contributed by atoms with Gasteiger partial charge < -0.3 is 14.4 Å². The van der Waals surface area contributed by atoms with Gasteiger partial charge in [-0.2, -0.15) is 4.98 Å². The van der Waals surface area contributed by atoms with Crippen molar-refractivity contribution in [3.8, 4) is 0 Å². The van der Waals surface area contributed by atoms with E-state index in [9.17, 15) is 4.79 Å². The fourth-order valence-electron chi connectivity index (χ4n) is 2.03. The third-order valence-corrected chi connectivity index (χ3v) is 2.98. The Morgan fingerprint density at radius 3 is 2.76 bits per heavy atom. The van der Waals surface area contributed by atoms with Gasteiger partial charge in [-0.15, -0.1) is 0 Å². The van der Waals surface area contributed by atoms with Crippen LogP contribution in [0.15, 0.2) is 53.2 Å². The second-order valence-electron chi connectivity index (χ2n) is 4.57. The summed E-state index contributed by atoms with van der Waals surface area (Å²) in [5.74, 6) is 0.872. The summed E-state index contributed by atoms with van der Waals surface area (Å²) in [4.78, 5) is 16.4. The third kappa shape index (κ3) is 3.00. The van der Waals surface area contributed by atoms with Gasteiger partial charge >= 0.3 is 0 Å². The van der Waals surface area contributed by atoms with Gasteiger partial charge in [0.25, 0.3) is 5.91 Å². The summed E-state index contributed by atoms with van der Waals surface area (Å²) in [6.07, 6.45) is 1.81. The quantitative estimate of drug-likeness (QED) is 0.798. The van der Waals surface area contributed by atoms with E-state index >= 15 is 0 Å². The first-order valence-corrected chi connectivity index (χ1v) is 6.53. The van der Waals surface area contributed by atoms with Gasteiger partial charge in [0.15, 0.2) is 5.82 Å².